The SMILES string of the molecule is CCC(=O)CCCOCC12CCC(CO)(CC1)CC2.[V]. The molecule has 3 aliphatic rings. The maximum absolute atomic E-state index is 11.2. The van der Waals surface area contributed by atoms with Crippen LogP contribution < -0.4 is 0 Å². The van der Waals surface area contributed by atoms with Gasteiger partial charge in [0.1, 0.15) is 5.78 Å². The molecule has 4 heteroatoms. The van der Waals surface area contributed by atoms with Gasteiger partial charge in [0.25, 0.3) is 0 Å². The molecule has 3 rings (SSSR count). The van der Waals surface area contributed by atoms with Gasteiger partial charge in [-0.1, -0.05) is 6.92 Å². The van der Waals surface area contributed by atoms with Gasteiger partial charge in [0.05, 0.1) is 6.61 Å². The van der Waals surface area contributed by atoms with Crippen molar-refractivity contribution in [3.8, 4) is 0 Å². The number of rotatable bonds is 8. The Hall–Kier alpha value is 0.174. The largest absolute Gasteiger partial charge is 0.396 e. The van der Waals surface area contributed by atoms with E-state index in [1.807, 2.05) is 6.92 Å². The fourth-order valence-corrected chi connectivity index (χ4v) is 3.63. The Bertz CT molecular complexity index is 292. The summed E-state index contributed by atoms with van der Waals surface area (Å²) in [7, 11) is 0. The molecule has 0 aliphatic heterocycles. The molecule has 0 aromatic rings. The van der Waals surface area contributed by atoms with Crippen molar-refractivity contribution in [1.82, 2.24) is 0 Å². The first kappa shape index (κ1) is 18.2. The number of ether oxygens (including phenoxy) is 1. The van der Waals surface area contributed by atoms with Gasteiger partial charge in [-0.2, -0.15) is 0 Å². The van der Waals surface area contributed by atoms with Crippen LogP contribution in [0.15, 0.2) is 0 Å². The third kappa shape index (κ3) is 4.33. The quantitative estimate of drug-likeness (QED) is 0.699. The van der Waals surface area contributed by atoms with E-state index in [0.717, 1.165) is 19.6 Å². The van der Waals surface area contributed by atoms with Gasteiger partial charge in [-0.15, -0.1) is 0 Å². The van der Waals surface area contributed by atoms with Crippen LogP contribution in [0.3, 0.4) is 0 Å². The molecule has 0 atom stereocenters. The number of fused-ring (bicyclic) bond motifs is 3. The van der Waals surface area contributed by atoms with Gasteiger partial charge in [0.15, 0.2) is 0 Å². The molecule has 0 aromatic carbocycles. The summed E-state index contributed by atoms with van der Waals surface area (Å²) < 4.78 is 5.84. The van der Waals surface area contributed by atoms with E-state index in [-0.39, 0.29) is 24.0 Å². The third-order valence-corrected chi connectivity index (χ3v) is 5.44. The van der Waals surface area contributed by atoms with Crippen LogP contribution in [0.4, 0.5) is 0 Å². The maximum atomic E-state index is 11.2. The second-order valence-corrected chi connectivity index (χ2v) is 6.71. The van der Waals surface area contributed by atoms with Crippen molar-refractivity contribution in [3.63, 3.8) is 0 Å². The van der Waals surface area contributed by atoms with Crippen LogP contribution in [0.2, 0.25) is 0 Å². The fraction of sp³-hybridized carbons (Fsp3) is 0.938. The molecule has 0 aromatic heterocycles. The average Bonchev–Trinajstić information content (AvgIpc) is 2.48. The van der Waals surface area contributed by atoms with Crippen LogP contribution in [0.5, 0.6) is 0 Å². The predicted molar refractivity (Wildman–Crippen MR) is 75.0 cm³/mol. The van der Waals surface area contributed by atoms with E-state index in [0.29, 0.717) is 30.6 Å². The van der Waals surface area contributed by atoms with E-state index in [1.165, 1.54) is 38.5 Å². The van der Waals surface area contributed by atoms with Crippen molar-refractivity contribution >= 4 is 5.78 Å². The van der Waals surface area contributed by atoms with E-state index in [2.05, 4.69) is 0 Å². The number of aliphatic hydroxyl groups is 1. The van der Waals surface area contributed by atoms with Crippen LogP contribution in [-0.2, 0) is 28.1 Å². The molecule has 0 spiro atoms. The maximum Gasteiger partial charge on any atom is 0.132 e. The third-order valence-electron chi connectivity index (χ3n) is 5.44. The standard InChI is InChI=1S/C16H28O3.V/c1-2-14(18)4-3-11-19-13-16-8-5-15(12-17,6-9-16)7-10-16;/h17H,2-13H2,1H3;. The first-order valence-electron chi connectivity index (χ1n) is 7.84. The normalized spacial score (nSPS) is 31.9. The Balaban J connectivity index is 0.00000200. The summed E-state index contributed by atoms with van der Waals surface area (Å²) in [5.41, 5.74) is 0.626. The number of ketones is 1. The van der Waals surface area contributed by atoms with E-state index in [4.69, 9.17) is 4.74 Å². The zero-order chi connectivity index (χ0) is 13.8. The molecule has 20 heavy (non-hydrogen) atoms. The molecule has 0 heterocycles. The van der Waals surface area contributed by atoms with Crippen molar-refractivity contribution in [2.24, 2.45) is 10.8 Å². The first-order chi connectivity index (χ1) is 9.14. The summed E-state index contributed by atoms with van der Waals surface area (Å²) in [4.78, 5) is 11.2. The van der Waals surface area contributed by atoms with Gasteiger partial charge in [0.2, 0.25) is 0 Å². The Labute approximate surface area is 134 Å². The van der Waals surface area contributed by atoms with Crippen LogP contribution in [-0.4, -0.2) is 30.7 Å². The number of carbonyl (C=O) groups excluding carboxylic acids is 1. The Morgan fingerprint density at radius 2 is 1.65 bits per heavy atom. The van der Waals surface area contributed by atoms with Crippen LogP contribution in [0, 0.1) is 10.8 Å². The van der Waals surface area contributed by atoms with Crippen LogP contribution in [0.25, 0.3) is 0 Å². The minimum atomic E-state index is 0. The molecule has 115 valence electrons. The fourth-order valence-electron chi connectivity index (χ4n) is 3.63. The first-order valence-corrected chi connectivity index (χ1v) is 7.84. The zero-order valence-corrected chi connectivity index (χ0v) is 14.1. The van der Waals surface area contributed by atoms with Gasteiger partial charge >= 0.3 is 0 Å². The topological polar surface area (TPSA) is 46.5 Å². The molecular weight excluding hydrogens is 291 g/mol. The number of aliphatic hydroxyl groups excluding tert-OH is 1. The van der Waals surface area contributed by atoms with Gasteiger partial charge in [-0.25, -0.2) is 0 Å². The Morgan fingerprint density at radius 1 is 1.10 bits per heavy atom. The minimum Gasteiger partial charge on any atom is -0.396 e. The van der Waals surface area contributed by atoms with E-state index in [1.54, 1.807) is 0 Å². The average molecular weight is 319 g/mol. The summed E-state index contributed by atoms with van der Waals surface area (Å²) in [6.45, 7) is 3.86. The van der Waals surface area contributed by atoms with Crippen molar-refractivity contribution in [3.05, 3.63) is 0 Å². The molecule has 3 nitrogen and oxygen atoms in total. The van der Waals surface area contributed by atoms with E-state index in [9.17, 15) is 9.90 Å². The zero-order valence-electron chi connectivity index (χ0n) is 12.7. The van der Waals surface area contributed by atoms with Crippen molar-refractivity contribution in [2.75, 3.05) is 19.8 Å². The number of carbonyl (C=O) groups is 1. The van der Waals surface area contributed by atoms with Crippen molar-refractivity contribution < 1.29 is 33.2 Å². The molecule has 1 N–H and O–H groups in total. The molecule has 3 aliphatic carbocycles. The predicted octanol–water partition coefficient (Wildman–Crippen LogP) is 3.09. The summed E-state index contributed by atoms with van der Waals surface area (Å²) in [6, 6.07) is 0. The smallest absolute Gasteiger partial charge is 0.132 e. The molecule has 3 fully saturated rings. The van der Waals surface area contributed by atoms with E-state index < -0.39 is 0 Å². The molecule has 0 unspecified atom stereocenters. The summed E-state index contributed by atoms with van der Waals surface area (Å²) >= 11 is 0. The Morgan fingerprint density at radius 3 is 2.15 bits per heavy atom. The minimum absolute atomic E-state index is 0. The monoisotopic (exact) mass is 319 g/mol. The second kappa shape index (κ2) is 7.98. The number of hydrogen-bond donors (Lipinski definition) is 1. The van der Waals surface area contributed by atoms with Gasteiger partial charge < -0.3 is 9.84 Å². The Kier molecular flexibility index (Phi) is 7.27. The molecular formula is C16H28O3V. The second-order valence-electron chi connectivity index (χ2n) is 6.71. The van der Waals surface area contributed by atoms with Gasteiger partial charge in [-0.05, 0) is 55.8 Å². The molecule has 0 amide bonds. The molecule has 1 radical (unpaired) electrons. The molecule has 0 saturated heterocycles. The van der Waals surface area contributed by atoms with Gasteiger partial charge in [0, 0.05) is 44.6 Å². The molecule has 3 saturated carbocycles. The number of hydrogen-bond acceptors (Lipinski definition) is 3. The van der Waals surface area contributed by atoms with Gasteiger partial charge in [-0.3, -0.25) is 4.79 Å². The van der Waals surface area contributed by atoms with Crippen molar-refractivity contribution in [1.29, 1.82) is 0 Å². The summed E-state index contributed by atoms with van der Waals surface area (Å²) in [5, 5.41) is 9.51. The molecule has 2 bridgehead atoms. The number of Topliss-reactive ketones (excluding diaryl/α,β-unsaturated/α-hetero) is 1. The van der Waals surface area contributed by atoms with Crippen molar-refractivity contribution in [2.45, 2.75) is 64.7 Å². The summed E-state index contributed by atoms with van der Waals surface area (Å²) in [6.07, 6.45) is 9.31. The van der Waals surface area contributed by atoms with Crippen LogP contribution >= 0.6 is 0 Å². The van der Waals surface area contributed by atoms with Crippen LogP contribution in [0.1, 0.15) is 64.7 Å². The van der Waals surface area contributed by atoms with E-state index >= 15 is 0 Å². The summed E-state index contributed by atoms with van der Waals surface area (Å²) in [5.74, 6) is 0.338.